The molecule has 0 aliphatic carbocycles. The first kappa shape index (κ1) is 17.9. The number of carbonyl (C=O) groups is 1. The second-order valence-electron chi connectivity index (χ2n) is 7.74. The summed E-state index contributed by atoms with van der Waals surface area (Å²) in [5.74, 6) is 0.551. The first-order valence-electron chi connectivity index (χ1n) is 8.03. The van der Waals surface area contributed by atoms with Crippen LogP contribution in [0.25, 0.3) is 0 Å². The molecule has 20 heavy (non-hydrogen) atoms. The van der Waals surface area contributed by atoms with E-state index in [9.17, 15) is 4.79 Å². The molecular formula is C16H33NO2Si. The summed E-state index contributed by atoms with van der Waals surface area (Å²) in [7, 11) is -1.70. The smallest absolute Gasteiger partial charge is 0.191 e. The lowest BCUT2D eigenvalue weighted by Crippen LogP contribution is -2.42. The topological polar surface area (TPSA) is 29.5 Å². The zero-order valence-electron chi connectivity index (χ0n) is 14.2. The summed E-state index contributed by atoms with van der Waals surface area (Å²) in [5, 5.41) is 0.240. The van der Waals surface area contributed by atoms with E-state index in [1.165, 1.54) is 12.8 Å². The second-order valence-corrected chi connectivity index (χ2v) is 12.6. The number of hydrogen-bond acceptors (Lipinski definition) is 3. The SMILES string of the molecule is CCCCN1CC(C=O)C(CO[Si](C)(C)C(C)(C)C)C1. The second kappa shape index (κ2) is 7.19. The molecule has 0 N–H and O–H groups in total. The third-order valence-electron chi connectivity index (χ3n) is 5.03. The maximum atomic E-state index is 11.3. The van der Waals surface area contributed by atoms with Crippen molar-refractivity contribution in [3.63, 3.8) is 0 Å². The molecule has 118 valence electrons. The number of likely N-dealkylation sites (tertiary alicyclic amines) is 1. The quantitative estimate of drug-likeness (QED) is 0.532. The summed E-state index contributed by atoms with van der Waals surface area (Å²) < 4.78 is 6.32. The Morgan fingerprint density at radius 2 is 1.95 bits per heavy atom. The molecule has 0 bridgehead atoms. The maximum absolute atomic E-state index is 11.3. The predicted octanol–water partition coefficient (Wildman–Crippen LogP) is 3.56. The van der Waals surface area contributed by atoms with E-state index in [1.807, 2.05) is 0 Å². The van der Waals surface area contributed by atoms with Crippen molar-refractivity contribution in [2.24, 2.45) is 11.8 Å². The molecule has 1 saturated heterocycles. The molecule has 0 aromatic heterocycles. The molecule has 0 aromatic rings. The molecule has 1 fully saturated rings. The third kappa shape index (κ3) is 4.67. The molecule has 3 nitrogen and oxygen atoms in total. The normalized spacial score (nSPS) is 25.1. The maximum Gasteiger partial charge on any atom is 0.191 e. The van der Waals surface area contributed by atoms with Gasteiger partial charge in [0, 0.05) is 31.5 Å². The van der Waals surface area contributed by atoms with Crippen molar-refractivity contribution in [2.45, 2.75) is 58.7 Å². The fourth-order valence-electron chi connectivity index (χ4n) is 2.42. The van der Waals surface area contributed by atoms with Crippen LogP contribution in [0.4, 0.5) is 0 Å². The van der Waals surface area contributed by atoms with E-state index in [2.05, 4.69) is 45.7 Å². The summed E-state index contributed by atoms with van der Waals surface area (Å²) >= 11 is 0. The minimum Gasteiger partial charge on any atom is -0.416 e. The fourth-order valence-corrected chi connectivity index (χ4v) is 3.48. The van der Waals surface area contributed by atoms with Gasteiger partial charge < -0.3 is 14.1 Å². The minimum atomic E-state index is -1.70. The summed E-state index contributed by atoms with van der Waals surface area (Å²) in [6.45, 7) is 17.4. The van der Waals surface area contributed by atoms with Gasteiger partial charge in [0.15, 0.2) is 8.32 Å². The van der Waals surface area contributed by atoms with E-state index in [1.54, 1.807) is 0 Å². The van der Waals surface area contributed by atoms with Crippen molar-refractivity contribution in [1.82, 2.24) is 4.90 Å². The summed E-state index contributed by atoms with van der Waals surface area (Å²) in [4.78, 5) is 13.7. The molecule has 0 radical (unpaired) electrons. The van der Waals surface area contributed by atoms with E-state index in [4.69, 9.17) is 4.43 Å². The van der Waals surface area contributed by atoms with Crippen LogP contribution in [0.15, 0.2) is 0 Å². The molecule has 0 aromatic carbocycles. The van der Waals surface area contributed by atoms with Gasteiger partial charge in [-0.2, -0.15) is 0 Å². The molecule has 1 heterocycles. The summed E-state index contributed by atoms with van der Waals surface area (Å²) in [6, 6.07) is 0. The first-order chi connectivity index (χ1) is 9.21. The molecule has 1 aliphatic heterocycles. The Hall–Kier alpha value is -0.193. The van der Waals surface area contributed by atoms with Crippen LogP contribution in [0.2, 0.25) is 18.1 Å². The summed E-state index contributed by atoms with van der Waals surface area (Å²) in [6.07, 6.45) is 3.58. The van der Waals surface area contributed by atoms with Crippen molar-refractivity contribution in [3.05, 3.63) is 0 Å². The van der Waals surface area contributed by atoms with Crippen LogP contribution in [-0.4, -0.2) is 45.7 Å². The highest BCUT2D eigenvalue weighted by Crippen LogP contribution is 2.37. The molecule has 0 spiro atoms. The van der Waals surface area contributed by atoms with Crippen molar-refractivity contribution in [1.29, 1.82) is 0 Å². The predicted molar refractivity (Wildman–Crippen MR) is 87.5 cm³/mol. The van der Waals surface area contributed by atoms with Crippen LogP contribution in [0, 0.1) is 11.8 Å². The van der Waals surface area contributed by atoms with Crippen molar-refractivity contribution >= 4 is 14.6 Å². The molecule has 1 aliphatic rings. The Kier molecular flexibility index (Phi) is 6.42. The van der Waals surface area contributed by atoms with Gasteiger partial charge in [0.2, 0.25) is 0 Å². The molecule has 2 unspecified atom stereocenters. The number of rotatable bonds is 7. The molecule has 0 saturated carbocycles. The van der Waals surface area contributed by atoms with Gasteiger partial charge in [0.1, 0.15) is 6.29 Å². The van der Waals surface area contributed by atoms with E-state index in [-0.39, 0.29) is 11.0 Å². The number of carbonyl (C=O) groups excluding carboxylic acids is 1. The van der Waals surface area contributed by atoms with E-state index >= 15 is 0 Å². The molecule has 2 atom stereocenters. The Bertz CT molecular complexity index is 312. The minimum absolute atomic E-state index is 0.164. The van der Waals surface area contributed by atoms with Crippen molar-refractivity contribution < 1.29 is 9.22 Å². The number of hydrogen-bond donors (Lipinski definition) is 0. The van der Waals surface area contributed by atoms with Gasteiger partial charge in [-0.1, -0.05) is 34.1 Å². The fraction of sp³-hybridized carbons (Fsp3) is 0.938. The monoisotopic (exact) mass is 299 g/mol. The van der Waals surface area contributed by atoms with Crippen LogP contribution in [0.5, 0.6) is 0 Å². The van der Waals surface area contributed by atoms with Crippen molar-refractivity contribution in [2.75, 3.05) is 26.2 Å². The van der Waals surface area contributed by atoms with Gasteiger partial charge in [-0.15, -0.1) is 0 Å². The highest BCUT2D eigenvalue weighted by Gasteiger charge is 2.39. The van der Waals surface area contributed by atoms with Gasteiger partial charge in [-0.05, 0) is 31.1 Å². The number of aldehydes is 1. The van der Waals surface area contributed by atoms with Crippen LogP contribution < -0.4 is 0 Å². The highest BCUT2D eigenvalue weighted by molar-refractivity contribution is 6.74. The average molecular weight is 300 g/mol. The van der Waals surface area contributed by atoms with E-state index in [0.717, 1.165) is 32.5 Å². The zero-order valence-corrected chi connectivity index (χ0v) is 15.2. The average Bonchev–Trinajstić information content (AvgIpc) is 2.75. The van der Waals surface area contributed by atoms with Crippen LogP contribution >= 0.6 is 0 Å². The lowest BCUT2D eigenvalue weighted by Gasteiger charge is -2.37. The first-order valence-corrected chi connectivity index (χ1v) is 10.9. The zero-order chi connectivity index (χ0) is 15.4. The van der Waals surface area contributed by atoms with Gasteiger partial charge in [0.05, 0.1) is 0 Å². The Morgan fingerprint density at radius 3 is 2.45 bits per heavy atom. The van der Waals surface area contributed by atoms with Gasteiger partial charge in [-0.25, -0.2) is 0 Å². The lowest BCUT2D eigenvalue weighted by molar-refractivity contribution is -0.112. The van der Waals surface area contributed by atoms with Crippen LogP contribution in [0.1, 0.15) is 40.5 Å². The number of nitrogens with zero attached hydrogens (tertiary/aromatic N) is 1. The number of unbranched alkanes of at least 4 members (excludes halogenated alkanes) is 1. The molecule has 0 amide bonds. The van der Waals surface area contributed by atoms with E-state index in [0.29, 0.717) is 5.92 Å². The van der Waals surface area contributed by atoms with Gasteiger partial charge in [0.25, 0.3) is 0 Å². The Labute approximate surface area is 126 Å². The highest BCUT2D eigenvalue weighted by atomic mass is 28.4. The van der Waals surface area contributed by atoms with Crippen LogP contribution in [-0.2, 0) is 9.22 Å². The lowest BCUT2D eigenvalue weighted by atomic mass is 9.99. The van der Waals surface area contributed by atoms with Gasteiger partial charge in [-0.3, -0.25) is 0 Å². The van der Waals surface area contributed by atoms with E-state index < -0.39 is 8.32 Å². The molecular weight excluding hydrogens is 266 g/mol. The standard InChI is InChI=1S/C16H33NO2Si/c1-7-8-9-17-10-14(12-18)15(11-17)13-19-20(5,6)16(2,3)4/h12,14-15H,7-11,13H2,1-6H3. The molecule has 4 heteroatoms. The molecule has 1 rings (SSSR count). The van der Waals surface area contributed by atoms with Gasteiger partial charge >= 0.3 is 0 Å². The Morgan fingerprint density at radius 1 is 1.30 bits per heavy atom. The Balaban J connectivity index is 2.52. The largest absolute Gasteiger partial charge is 0.416 e. The van der Waals surface area contributed by atoms with Crippen LogP contribution in [0.3, 0.4) is 0 Å². The van der Waals surface area contributed by atoms with Crippen molar-refractivity contribution in [3.8, 4) is 0 Å². The third-order valence-corrected chi connectivity index (χ3v) is 9.54. The summed E-state index contributed by atoms with van der Waals surface area (Å²) in [5.41, 5.74) is 0.